The highest BCUT2D eigenvalue weighted by atomic mass is 16.4. The second-order valence-electron chi connectivity index (χ2n) is 26.0. The van der Waals surface area contributed by atoms with Gasteiger partial charge in [0.2, 0.25) is 88.6 Å². The first kappa shape index (κ1) is 88.0. The van der Waals surface area contributed by atoms with Gasteiger partial charge >= 0.3 is 5.97 Å². The number of carboxylic acids is 1. The average Bonchev–Trinajstić information content (AvgIpc) is 1.49. The number of benzene rings is 2. The van der Waals surface area contributed by atoms with Gasteiger partial charge < -0.3 is 105 Å². The van der Waals surface area contributed by atoms with Gasteiger partial charge in [-0.1, -0.05) is 115 Å². The van der Waals surface area contributed by atoms with Gasteiger partial charge in [0.15, 0.2) is 0 Å². The van der Waals surface area contributed by atoms with E-state index < -0.39 is 224 Å². The zero-order chi connectivity index (χ0) is 78.1. The highest BCUT2D eigenvalue weighted by Gasteiger charge is 2.41. The van der Waals surface area contributed by atoms with Crippen molar-refractivity contribution in [2.24, 2.45) is 23.5 Å². The number of aliphatic hydroxyl groups is 3. The molecule has 0 aromatic heterocycles. The van der Waals surface area contributed by atoms with Crippen LogP contribution >= 0.6 is 0 Å². The molecule has 0 radical (unpaired) electrons. The Morgan fingerprint density at radius 3 is 1.32 bits per heavy atom. The van der Waals surface area contributed by atoms with Crippen LogP contribution in [-0.2, 0) is 89.6 Å². The maximum atomic E-state index is 14.4. The molecule has 20 N–H and O–H groups in total. The van der Waals surface area contributed by atoms with Crippen molar-refractivity contribution in [3.05, 3.63) is 71.8 Å². The lowest BCUT2D eigenvalue weighted by Gasteiger charge is -2.31. The van der Waals surface area contributed by atoms with E-state index in [9.17, 15) is 92.0 Å². The number of amides is 15. The summed E-state index contributed by atoms with van der Waals surface area (Å²) in [5, 5.41) is 74.2. The molecule has 0 bridgehead atoms. The quantitative estimate of drug-likeness (QED) is 0.0294. The van der Waals surface area contributed by atoms with E-state index in [0.29, 0.717) is 24.0 Å². The molecule has 1 fully saturated rings. The molecule has 15 amide bonds. The number of hydrogen-bond acceptors (Lipinski definition) is 20. The van der Waals surface area contributed by atoms with E-state index in [0.717, 1.165) is 4.90 Å². The first-order chi connectivity index (χ1) is 49.0. The number of carbonyl (C=O) groups is 16. The number of hydrogen-bond donors (Lipinski definition) is 19. The van der Waals surface area contributed by atoms with Crippen molar-refractivity contribution >= 4 is 94.6 Å². The average molecular weight is 1470 g/mol. The molecular weight excluding hydrogens is 1360 g/mol. The summed E-state index contributed by atoms with van der Waals surface area (Å²) in [5.41, 5.74) is 7.01. The van der Waals surface area contributed by atoms with Crippen molar-refractivity contribution in [1.29, 1.82) is 0 Å². The van der Waals surface area contributed by atoms with Crippen LogP contribution in [0.15, 0.2) is 60.7 Å². The maximum absolute atomic E-state index is 14.4. The number of nitrogens with one attached hydrogen (secondary N) is 14. The summed E-state index contributed by atoms with van der Waals surface area (Å²) in [6.45, 7) is 10.6. The van der Waals surface area contributed by atoms with Gasteiger partial charge in [0.1, 0.15) is 66.5 Å². The third-order valence-electron chi connectivity index (χ3n) is 17.0. The second kappa shape index (κ2) is 44.3. The van der Waals surface area contributed by atoms with Crippen molar-refractivity contribution in [3.63, 3.8) is 0 Å². The molecule has 2 aromatic rings. The molecule has 1 aliphatic rings. The molecule has 1 saturated heterocycles. The topological polar surface area (TPSA) is 552 Å². The molecule has 576 valence electrons. The number of aliphatic hydroxyl groups excluding tert-OH is 3. The summed E-state index contributed by atoms with van der Waals surface area (Å²) < 4.78 is 0. The Balaban J connectivity index is 1.68. The fourth-order valence-electron chi connectivity index (χ4n) is 10.5. The molecule has 104 heavy (non-hydrogen) atoms. The third-order valence-corrected chi connectivity index (χ3v) is 17.0. The number of likely N-dealkylation sites (tertiary alicyclic amines) is 1. The number of carboxylic acid groups (broad SMARTS) is 1. The summed E-state index contributed by atoms with van der Waals surface area (Å²) in [6, 6.07) is 0.319. The van der Waals surface area contributed by atoms with Crippen LogP contribution in [0.3, 0.4) is 0 Å². The third kappa shape index (κ3) is 29.6. The van der Waals surface area contributed by atoms with Gasteiger partial charge in [0, 0.05) is 19.4 Å². The van der Waals surface area contributed by atoms with Gasteiger partial charge in [-0.25, -0.2) is 0 Å². The summed E-state index contributed by atoms with van der Waals surface area (Å²) in [5.74, 6) is -15.6. The summed E-state index contributed by atoms with van der Waals surface area (Å²) in [6.07, 6.45) is -0.583. The lowest BCUT2D eigenvalue weighted by atomic mass is 9.96. The van der Waals surface area contributed by atoms with Crippen LogP contribution in [0, 0.1) is 17.8 Å². The Kier molecular flexibility index (Phi) is 37.5. The van der Waals surface area contributed by atoms with Crippen molar-refractivity contribution in [1.82, 2.24) is 79.3 Å². The SMILES string of the molecule is CC[C@H](C)[C@H](NC(=O)[C@H](CO)NC(=O)CNC(=O)[C@H](Cc1ccccc1)NC(=O)CNC(=O)[C@@H]1CCCN1C(=O)[C@H](CO)NC(=O)[C@@H](NC(=O)[C@H](Cc1ccccc1)NC(=O)[C@@H](NC(=O)CNC(=O)[C@H](C)NC(=O)[C@@H](N)CC(C)C)[C@@H](C)O)[C@@H](C)CC)C(=O)N[C@@H](C)C(=O)NCC(=O)N[C@@H](C)C(=O)O. The van der Waals surface area contributed by atoms with Crippen LogP contribution in [0.1, 0.15) is 112 Å². The molecule has 0 saturated carbocycles. The van der Waals surface area contributed by atoms with E-state index in [1.807, 2.05) is 13.8 Å². The van der Waals surface area contributed by atoms with Crippen molar-refractivity contribution in [2.75, 3.05) is 45.9 Å². The molecule has 1 heterocycles. The van der Waals surface area contributed by atoms with Gasteiger partial charge in [0.25, 0.3) is 0 Å². The normalized spacial score (nSPS) is 16.6. The zero-order valence-corrected chi connectivity index (χ0v) is 60.3. The minimum Gasteiger partial charge on any atom is -0.480 e. The molecule has 0 aliphatic carbocycles. The fourth-order valence-corrected chi connectivity index (χ4v) is 10.5. The molecule has 2 aromatic carbocycles. The van der Waals surface area contributed by atoms with E-state index >= 15 is 0 Å². The summed E-state index contributed by atoms with van der Waals surface area (Å²) in [4.78, 5) is 213. The van der Waals surface area contributed by atoms with Gasteiger partial charge in [0.05, 0.1) is 51.5 Å². The Morgan fingerprint density at radius 1 is 0.452 bits per heavy atom. The fraction of sp³-hybridized carbons (Fsp3) is 0.588. The van der Waals surface area contributed by atoms with Crippen LogP contribution in [0.5, 0.6) is 0 Å². The number of carbonyl (C=O) groups excluding carboxylic acids is 15. The first-order valence-electron chi connectivity index (χ1n) is 34.4. The molecular formula is C68H104N16O20. The standard InChI is InChI=1S/C68H104N16O20/c1-11-36(5)54(64(99)76-39(8)58(93)70-29-50(88)74-40(9)68(103)104)83-62(97)47(33-85)78-52(90)30-72-60(95)45(27-42-20-15-13-16-21-42)77-51(89)31-73-63(98)49-24-19-25-84(49)67(102)48(34-86)80-65(100)55(37(6)12-2)82-61(96)46(28-43-22-17-14-18-23-43)79-66(101)56(41(10)87)81-53(91)32-71-57(92)38(7)75-59(94)44(69)26-35(3)4/h13-18,20-23,35-41,44-49,54-56,85-87H,11-12,19,24-34,69H2,1-10H3,(H,70,93)(H,71,92)(H,72,95)(H,73,98)(H,74,88)(H,75,94)(H,76,99)(H,77,89)(H,78,90)(H,79,101)(H,80,100)(H,81,91)(H,82,96)(H,83,97)(H,103,104)/t36-,37-,38-,39-,40-,41+,44-,45-,46-,47-,48-,49-,54-,55-,56-/m0/s1. The Morgan fingerprint density at radius 2 is 0.856 bits per heavy atom. The minimum atomic E-state index is -1.69. The molecule has 0 spiro atoms. The second-order valence-corrected chi connectivity index (χ2v) is 26.0. The van der Waals surface area contributed by atoms with Gasteiger partial charge in [-0.2, -0.15) is 0 Å². The predicted octanol–water partition coefficient (Wildman–Crippen LogP) is -6.25. The zero-order valence-electron chi connectivity index (χ0n) is 60.3. The highest BCUT2D eigenvalue weighted by molar-refractivity contribution is 6.00. The number of nitrogens with zero attached hydrogens (tertiary/aromatic N) is 1. The highest BCUT2D eigenvalue weighted by Crippen LogP contribution is 2.20. The van der Waals surface area contributed by atoms with E-state index in [1.165, 1.54) is 27.7 Å². The maximum Gasteiger partial charge on any atom is 0.325 e. The number of rotatable bonds is 43. The monoisotopic (exact) mass is 1460 g/mol. The van der Waals surface area contributed by atoms with Crippen LogP contribution in [0.4, 0.5) is 0 Å². The van der Waals surface area contributed by atoms with E-state index in [1.54, 1.807) is 88.4 Å². The Bertz CT molecular complexity index is 3290. The number of nitrogens with two attached hydrogens (primary N) is 1. The van der Waals surface area contributed by atoms with E-state index in [4.69, 9.17) is 10.8 Å². The van der Waals surface area contributed by atoms with E-state index in [-0.39, 0.29) is 44.6 Å². The van der Waals surface area contributed by atoms with Crippen molar-refractivity contribution in [3.8, 4) is 0 Å². The molecule has 15 atom stereocenters. The first-order valence-corrected chi connectivity index (χ1v) is 34.4. The van der Waals surface area contributed by atoms with Gasteiger partial charge in [-0.05, 0) is 75.8 Å². The van der Waals surface area contributed by atoms with Crippen molar-refractivity contribution < 1.29 is 97.1 Å². The molecule has 3 rings (SSSR count). The lowest BCUT2D eigenvalue weighted by molar-refractivity contribution is -0.143. The lowest BCUT2D eigenvalue weighted by Crippen LogP contribution is -2.62. The van der Waals surface area contributed by atoms with Gasteiger partial charge in [-0.3, -0.25) is 76.7 Å². The van der Waals surface area contributed by atoms with Crippen LogP contribution < -0.4 is 80.2 Å². The summed E-state index contributed by atoms with van der Waals surface area (Å²) in [7, 11) is 0. The van der Waals surface area contributed by atoms with E-state index in [2.05, 4.69) is 74.4 Å². The van der Waals surface area contributed by atoms with Crippen molar-refractivity contribution in [2.45, 2.75) is 193 Å². The number of aliphatic carboxylic acids is 1. The minimum absolute atomic E-state index is 0.0318. The molecule has 36 nitrogen and oxygen atoms in total. The largest absolute Gasteiger partial charge is 0.480 e. The molecule has 36 heteroatoms. The van der Waals surface area contributed by atoms with Crippen LogP contribution in [0.25, 0.3) is 0 Å². The molecule has 0 unspecified atom stereocenters. The smallest absolute Gasteiger partial charge is 0.325 e. The van der Waals surface area contributed by atoms with Gasteiger partial charge in [-0.15, -0.1) is 0 Å². The molecule has 1 aliphatic heterocycles. The predicted molar refractivity (Wildman–Crippen MR) is 373 cm³/mol. The Hall–Kier alpha value is -10.2. The summed E-state index contributed by atoms with van der Waals surface area (Å²) >= 11 is 0. The van der Waals surface area contributed by atoms with Crippen LogP contribution in [0.2, 0.25) is 0 Å². The van der Waals surface area contributed by atoms with Crippen LogP contribution in [-0.4, -0.2) is 244 Å². The Labute approximate surface area is 602 Å².